The number of rotatable bonds is 10. The number of aryl methyl sites for hydroxylation is 1. The molecule has 0 bridgehead atoms. The normalized spacial score (nSPS) is 35.4. The molecule has 0 unspecified atom stereocenters. The molecular weight excluding hydrogens is 514 g/mol. The van der Waals surface area contributed by atoms with E-state index in [1.165, 1.54) is 56.2 Å². The number of aromatic nitrogens is 1. The molecule has 0 aliphatic heterocycles. The van der Waals surface area contributed by atoms with Gasteiger partial charge in [-0.15, -0.1) is 11.3 Å². The molecule has 1 aromatic rings. The lowest BCUT2D eigenvalue weighted by molar-refractivity contribution is 0.0862. The largest absolute Gasteiger partial charge is 0.393 e. The maximum atomic E-state index is 11.3. The second-order valence-corrected chi connectivity index (χ2v) is 14.5. The Hall–Kier alpha value is -1.53. The van der Waals surface area contributed by atoms with E-state index in [4.69, 9.17) is 4.98 Å². The Balaban J connectivity index is 1.24. The number of hydrogen-bond donors (Lipinski definition) is 3. The summed E-state index contributed by atoms with van der Waals surface area (Å²) in [6.45, 7) is 11.2. The Labute approximate surface area is 246 Å². The molecule has 4 nitrogen and oxygen atoms in total. The molecule has 7 atom stereocenters. The predicted octanol–water partition coefficient (Wildman–Crippen LogP) is 7.60. The Morgan fingerprint density at radius 3 is 2.70 bits per heavy atom. The first kappa shape index (κ1) is 29.9. The third kappa shape index (κ3) is 6.00. The molecule has 5 heteroatoms. The van der Waals surface area contributed by atoms with Gasteiger partial charge in [-0.2, -0.15) is 0 Å². The summed E-state index contributed by atoms with van der Waals surface area (Å²) in [5, 5.41) is 35.1. The molecule has 0 amide bonds. The Morgan fingerprint density at radius 2 is 1.95 bits per heavy atom. The fraction of sp³-hybridized carbons (Fsp3) is 0.686. The molecule has 0 spiro atoms. The summed E-state index contributed by atoms with van der Waals surface area (Å²) in [6.07, 6.45) is 21.0. The fourth-order valence-corrected chi connectivity index (χ4v) is 9.33. The van der Waals surface area contributed by atoms with Crippen molar-refractivity contribution < 1.29 is 15.3 Å². The number of aliphatic hydroxyl groups is 3. The van der Waals surface area contributed by atoms with Crippen LogP contribution in [0.25, 0.3) is 0 Å². The molecule has 220 valence electrons. The lowest BCUT2D eigenvalue weighted by atomic mass is 9.61. The third-order valence-corrected chi connectivity index (χ3v) is 12.0. The van der Waals surface area contributed by atoms with Crippen molar-refractivity contribution in [3.05, 3.63) is 63.7 Å². The van der Waals surface area contributed by atoms with Crippen molar-refractivity contribution in [2.75, 3.05) is 0 Å². The molecule has 0 aromatic carbocycles. The molecule has 4 fully saturated rings. The highest BCUT2D eigenvalue weighted by molar-refractivity contribution is 7.09. The van der Waals surface area contributed by atoms with Crippen LogP contribution in [0.5, 0.6) is 0 Å². The van der Waals surface area contributed by atoms with Crippen molar-refractivity contribution in [2.24, 2.45) is 23.2 Å². The zero-order valence-electron chi connectivity index (χ0n) is 24.9. The molecule has 40 heavy (non-hydrogen) atoms. The van der Waals surface area contributed by atoms with Crippen LogP contribution in [0.1, 0.15) is 109 Å². The summed E-state index contributed by atoms with van der Waals surface area (Å²) in [4.78, 5) is 4.96. The first-order valence-corrected chi connectivity index (χ1v) is 16.8. The van der Waals surface area contributed by atoms with Gasteiger partial charge in [-0.3, -0.25) is 0 Å². The molecule has 1 aromatic heterocycles. The maximum Gasteiger partial charge on any atom is 0.102 e. The van der Waals surface area contributed by atoms with Gasteiger partial charge in [0.25, 0.3) is 0 Å². The van der Waals surface area contributed by atoms with Crippen LogP contribution < -0.4 is 0 Å². The summed E-state index contributed by atoms with van der Waals surface area (Å²) in [5.74, 6) is 1.60. The molecular formula is C35H51NO3S. The van der Waals surface area contributed by atoms with E-state index in [2.05, 4.69) is 57.0 Å². The zero-order chi connectivity index (χ0) is 28.5. The minimum absolute atomic E-state index is 0.162. The van der Waals surface area contributed by atoms with E-state index >= 15 is 0 Å². The van der Waals surface area contributed by atoms with Gasteiger partial charge in [-0.05, 0) is 98.5 Å². The monoisotopic (exact) mass is 565 g/mol. The van der Waals surface area contributed by atoms with E-state index in [0.29, 0.717) is 30.6 Å². The quantitative estimate of drug-likeness (QED) is 0.202. The summed E-state index contributed by atoms with van der Waals surface area (Å²) in [7, 11) is 0. The zero-order valence-corrected chi connectivity index (χ0v) is 25.8. The second-order valence-electron chi connectivity index (χ2n) is 13.6. The Bertz CT molecular complexity index is 1140. The van der Waals surface area contributed by atoms with Crippen LogP contribution in [0.3, 0.4) is 0 Å². The van der Waals surface area contributed by atoms with Gasteiger partial charge in [0.1, 0.15) is 5.01 Å². The number of fused-ring (bicyclic) bond motifs is 1. The average Bonchev–Trinajstić information content (AvgIpc) is 3.46. The van der Waals surface area contributed by atoms with Gasteiger partial charge in [0, 0.05) is 11.8 Å². The molecule has 0 radical (unpaired) electrons. The summed E-state index contributed by atoms with van der Waals surface area (Å²) >= 11 is 1.75. The number of allylic oxidation sites excluding steroid dienone is 4. The van der Waals surface area contributed by atoms with Gasteiger partial charge in [0.05, 0.1) is 29.4 Å². The summed E-state index contributed by atoms with van der Waals surface area (Å²) in [5.41, 5.74) is 4.59. The standard InChI is InChI=1S/C35H51NO3S/c1-5-6-7-10-27-22-40-33(36-27)35(18-19-35)32(39)16-11-23(2)29-14-15-30-25(9-8-17-34(29,30)4)12-13-26-20-28(37)21-31(38)24(26)3/h11-13,16,22-23,28-32,37-39H,3,5-10,14-15,17-21H2,1-2,4H3/t23-,28-,29-,30+,31+,32+,34-/m1/s1. The van der Waals surface area contributed by atoms with E-state index in [9.17, 15) is 15.3 Å². The van der Waals surface area contributed by atoms with Gasteiger partial charge in [0.2, 0.25) is 0 Å². The van der Waals surface area contributed by atoms with Crippen molar-refractivity contribution in [1.82, 2.24) is 4.98 Å². The lowest BCUT2D eigenvalue weighted by Crippen LogP contribution is -2.35. The van der Waals surface area contributed by atoms with Crippen molar-refractivity contribution in [2.45, 2.75) is 128 Å². The minimum Gasteiger partial charge on any atom is -0.393 e. The van der Waals surface area contributed by atoms with Crippen molar-refractivity contribution in [3.8, 4) is 0 Å². The Morgan fingerprint density at radius 1 is 1.15 bits per heavy atom. The van der Waals surface area contributed by atoms with Gasteiger partial charge >= 0.3 is 0 Å². The minimum atomic E-state index is -0.637. The van der Waals surface area contributed by atoms with Crippen LogP contribution in [0, 0.1) is 23.2 Å². The van der Waals surface area contributed by atoms with E-state index < -0.39 is 18.3 Å². The smallest absolute Gasteiger partial charge is 0.102 e. The van der Waals surface area contributed by atoms with E-state index in [-0.39, 0.29) is 10.8 Å². The average molecular weight is 566 g/mol. The number of nitrogens with zero attached hydrogens (tertiary/aromatic N) is 1. The lowest BCUT2D eigenvalue weighted by Gasteiger charge is -2.44. The summed E-state index contributed by atoms with van der Waals surface area (Å²) in [6, 6.07) is 0. The molecule has 4 aliphatic rings. The number of aliphatic hydroxyl groups excluding tert-OH is 3. The molecule has 3 N–H and O–H groups in total. The number of hydrogen-bond acceptors (Lipinski definition) is 5. The van der Waals surface area contributed by atoms with E-state index in [1.54, 1.807) is 11.3 Å². The highest BCUT2D eigenvalue weighted by Gasteiger charge is 2.53. The topological polar surface area (TPSA) is 73.6 Å². The highest BCUT2D eigenvalue weighted by atomic mass is 32.1. The molecule has 0 saturated heterocycles. The molecule has 5 rings (SSSR count). The van der Waals surface area contributed by atoms with Crippen LogP contribution in [0.2, 0.25) is 0 Å². The van der Waals surface area contributed by atoms with Gasteiger partial charge < -0.3 is 15.3 Å². The van der Waals surface area contributed by atoms with Crippen LogP contribution in [-0.4, -0.2) is 38.6 Å². The van der Waals surface area contributed by atoms with Gasteiger partial charge in [-0.1, -0.05) is 70.1 Å². The molecule has 1 heterocycles. The van der Waals surface area contributed by atoms with Crippen molar-refractivity contribution in [1.29, 1.82) is 0 Å². The third-order valence-electron chi connectivity index (χ3n) is 10.9. The number of thiazole rings is 1. The molecule has 4 aliphatic carbocycles. The van der Waals surface area contributed by atoms with Crippen LogP contribution in [0.15, 0.2) is 53.0 Å². The summed E-state index contributed by atoms with van der Waals surface area (Å²) < 4.78 is 0. The first-order chi connectivity index (χ1) is 19.2. The van der Waals surface area contributed by atoms with Crippen molar-refractivity contribution >= 4 is 11.3 Å². The van der Waals surface area contributed by atoms with Crippen LogP contribution >= 0.6 is 11.3 Å². The predicted molar refractivity (Wildman–Crippen MR) is 165 cm³/mol. The van der Waals surface area contributed by atoms with Gasteiger partial charge in [0.15, 0.2) is 0 Å². The van der Waals surface area contributed by atoms with Crippen molar-refractivity contribution in [3.63, 3.8) is 0 Å². The van der Waals surface area contributed by atoms with Crippen LogP contribution in [0.4, 0.5) is 0 Å². The number of unbranched alkanes of at least 4 members (excludes halogenated alkanes) is 2. The maximum absolute atomic E-state index is 11.3. The fourth-order valence-electron chi connectivity index (χ4n) is 8.18. The first-order valence-electron chi connectivity index (χ1n) is 15.9. The van der Waals surface area contributed by atoms with Gasteiger partial charge in [-0.25, -0.2) is 4.98 Å². The molecule has 4 saturated carbocycles. The highest BCUT2D eigenvalue weighted by Crippen LogP contribution is 2.60. The van der Waals surface area contributed by atoms with E-state index in [1.807, 2.05) is 0 Å². The van der Waals surface area contributed by atoms with E-state index in [0.717, 1.165) is 41.8 Å². The Kier molecular flexibility index (Phi) is 9.26. The SMILES string of the molecule is C=C1C(=CC=C2CCC[C@]3(C)[C@@H]([C@H](C)C=C[C@H](O)C4(c5nc(CCCCC)cs5)CC4)CC[C@@H]23)C[C@@H](O)C[C@@H]1O. The van der Waals surface area contributed by atoms with Crippen LogP contribution in [-0.2, 0) is 11.8 Å². The second kappa shape index (κ2) is 12.4.